The van der Waals surface area contributed by atoms with Gasteiger partial charge in [0.15, 0.2) is 11.6 Å². The van der Waals surface area contributed by atoms with Crippen molar-refractivity contribution >= 4 is 53.4 Å². The quantitative estimate of drug-likeness (QED) is 0.121. The summed E-state index contributed by atoms with van der Waals surface area (Å²) in [4.78, 5) is 21.0. The molecule has 1 aliphatic heterocycles. The van der Waals surface area contributed by atoms with Gasteiger partial charge in [-0.25, -0.2) is 28.4 Å². The van der Waals surface area contributed by atoms with E-state index >= 15 is 0 Å². The van der Waals surface area contributed by atoms with Crippen LogP contribution in [0.2, 0.25) is 0 Å². The zero-order chi connectivity index (χ0) is 77.6. The molecule has 0 spiro atoms. The second-order valence-electron chi connectivity index (χ2n) is 30.5. The molecular formula is C107H72N6O2S. The molecule has 0 saturated carbocycles. The van der Waals surface area contributed by atoms with Gasteiger partial charge in [-0.2, -0.15) is 0 Å². The van der Waals surface area contributed by atoms with Crippen molar-refractivity contribution in [3.05, 3.63) is 412 Å². The summed E-state index contributed by atoms with van der Waals surface area (Å²) < 4.78 is 31.8. The first-order chi connectivity index (χ1) is 57.0. The van der Waals surface area contributed by atoms with Crippen LogP contribution in [0.25, 0.3) is 190 Å². The Labute approximate surface area is 672 Å². The zero-order valence-corrected chi connectivity index (χ0v) is 64.3. The van der Waals surface area contributed by atoms with E-state index in [1.807, 2.05) is 91.0 Å². The maximum Gasteiger partial charge on any atom is 0.207 e. The van der Waals surface area contributed by atoms with Gasteiger partial charge >= 0.3 is 0 Å². The number of sulfone groups is 1. The highest BCUT2D eigenvalue weighted by Crippen LogP contribution is 2.51. The average Bonchev–Trinajstić information content (AvgIpc) is 1.59. The monoisotopic (exact) mass is 1500 g/mol. The smallest absolute Gasteiger partial charge is 0.207 e. The molecule has 9 heteroatoms. The van der Waals surface area contributed by atoms with Gasteiger partial charge < -0.3 is 9.13 Å². The van der Waals surface area contributed by atoms with Gasteiger partial charge in [0.25, 0.3) is 0 Å². The normalized spacial score (nSPS) is 12.8. The first-order valence-corrected chi connectivity index (χ1v) is 40.7. The zero-order valence-electron chi connectivity index (χ0n) is 63.5. The van der Waals surface area contributed by atoms with E-state index in [0.29, 0.717) is 21.4 Å². The number of hydrogen-bond donors (Lipinski definition) is 0. The Balaban J connectivity index is 0.000000145. The number of aromatic nitrogens is 6. The minimum Gasteiger partial charge on any atom is -0.309 e. The SMILES string of the molecule is CC1(C)c2ccccc2-c2ccc(-c3cccc(-n4c5ccccc5c5cc(-c6cccc(-c7nc(-c8ccccc8)cc(-c8ccccc8)n7)c6)ccc54)c3)cc21.O=S1(=O)c2ccccc2-c2ccc(-c3cccc(-n4c5ccccc5c5cc(-c6ccc(-c7nc(-c8ccccc8)cc(-c8ccccc8)n7)cc6)ccc54)c3)cc21. The van der Waals surface area contributed by atoms with Crippen LogP contribution in [0.3, 0.4) is 0 Å². The van der Waals surface area contributed by atoms with Crippen LogP contribution in [0.1, 0.15) is 25.0 Å². The minimum atomic E-state index is -3.59. The number of hydrogen-bond acceptors (Lipinski definition) is 6. The highest BCUT2D eigenvalue weighted by atomic mass is 32.2. The molecule has 4 aromatic heterocycles. The molecule has 22 rings (SSSR count). The summed E-state index contributed by atoms with van der Waals surface area (Å²) in [7, 11) is -3.59. The summed E-state index contributed by atoms with van der Waals surface area (Å²) in [6, 6.07) is 139. The average molecular weight is 1510 g/mol. The molecule has 0 fully saturated rings. The molecule has 0 N–H and O–H groups in total. The molecule has 8 nitrogen and oxygen atoms in total. The lowest BCUT2D eigenvalue weighted by Crippen LogP contribution is -2.14. The van der Waals surface area contributed by atoms with Crippen molar-refractivity contribution in [3.63, 3.8) is 0 Å². The van der Waals surface area contributed by atoms with Crippen molar-refractivity contribution in [2.75, 3.05) is 0 Å². The number of rotatable bonds is 12. The van der Waals surface area contributed by atoms with Gasteiger partial charge in [0.1, 0.15) is 0 Å². The summed E-state index contributed by atoms with van der Waals surface area (Å²) >= 11 is 0. The Morgan fingerprint density at radius 2 is 0.569 bits per heavy atom. The van der Waals surface area contributed by atoms with Crippen LogP contribution in [0.15, 0.2) is 410 Å². The predicted molar refractivity (Wildman–Crippen MR) is 476 cm³/mol. The molecule has 116 heavy (non-hydrogen) atoms. The summed E-state index contributed by atoms with van der Waals surface area (Å²) in [5.41, 5.74) is 32.1. The molecule has 0 unspecified atom stereocenters. The Morgan fingerprint density at radius 1 is 0.224 bits per heavy atom. The third-order valence-corrected chi connectivity index (χ3v) is 25.1. The summed E-state index contributed by atoms with van der Waals surface area (Å²) in [6.07, 6.45) is 0. The summed E-state index contributed by atoms with van der Waals surface area (Å²) in [5.74, 6) is 1.38. The van der Waals surface area contributed by atoms with Crippen LogP contribution in [-0.2, 0) is 15.3 Å². The van der Waals surface area contributed by atoms with Crippen molar-refractivity contribution in [1.29, 1.82) is 0 Å². The molecule has 0 amide bonds. The summed E-state index contributed by atoms with van der Waals surface area (Å²) in [5, 5.41) is 4.75. The van der Waals surface area contributed by atoms with Crippen molar-refractivity contribution in [3.8, 4) is 146 Å². The maximum atomic E-state index is 13.5. The van der Waals surface area contributed by atoms with Crippen molar-refractivity contribution in [1.82, 2.24) is 29.1 Å². The molecule has 5 heterocycles. The number of fused-ring (bicyclic) bond motifs is 12. The Morgan fingerprint density at radius 3 is 1.10 bits per heavy atom. The molecule has 0 bridgehead atoms. The second kappa shape index (κ2) is 28.2. The van der Waals surface area contributed by atoms with Crippen LogP contribution >= 0.6 is 0 Å². The van der Waals surface area contributed by atoms with Gasteiger partial charge in [-0.1, -0.05) is 317 Å². The highest BCUT2D eigenvalue weighted by molar-refractivity contribution is 7.92. The van der Waals surface area contributed by atoms with Gasteiger partial charge in [0, 0.05) is 82.8 Å². The first kappa shape index (κ1) is 69.2. The minimum absolute atomic E-state index is 0.0477. The molecule has 1 aliphatic carbocycles. The van der Waals surface area contributed by atoms with Crippen LogP contribution in [0, 0.1) is 0 Å². The van der Waals surface area contributed by atoms with E-state index in [0.717, 1.165) is 134 Å². The van der Waals surface area contributed by atoms with Crippen molar-refractivity contribution < 1.29 is 8.42 Å². The lowest BCUT2D eigenvalue weighted by atomic mass is 9.81. The van der Waals surface area contributed by atoms with E-state index in [1.54, 1.807) is 12.1 Å². The number of para-hydroxylation sites is 2. The standard InChI is InChI=1S/C55H39N3.C52H33N3O2S/c1-55(2)48-25-11-9-23-44(48)45-29-27-41(34-49(45)55)39-20-14-22-43(32-39)58-52-26-12-10-24-46(52)47-33-40(28-30-53(47)58)38-19-13-21-42(31-38)54-56-50(36-15-5-3-6-16-36)35-51(57-54)37-17-7-4-8-18-37;56-58(57)50-21-10-8-19-43(50)44-28-26-40(32-51(44)58)38-16-11-17-41(30-38)55-48-20-9-7-18-42(48)45-31-39(27-29-49(45)55)34-22-24-37(25-23-34)52-53-46(35-12-3-1-4-13-35)33-47(54-52)36-14-5-2-6-15-36/h3-35H,1-2H3;1-33H. The predicted octanol–water partition coefficient (Wildman–Crippen LogP) is 26.9. The van der Waals surface area contributed by atoms with E-state index < -0.39 is 9.84 Å². The fourth-order valence-corrected chi connectivity index (χ4v) is 19.1. The van der Waals surface area contributed by atoms with Crippen molar-refractivity contribution in [2.45, 2.75) is 29.1 Å². The number of nitrogens with zero attached hydrogens (tertiary/aromatic N) is 6. The van der Waals surface area contributed by atoms with Gasteiger partial charge in [0.05, 0.1) is 54.6 Å². The van der Waals surface area contributed by atoms with E-state index in [-0.39, 0.29) is 5.41 Å². The fourth-order valence-electron chi connectivity index (χ4n) is 17.4. The largest absolute Gasteiger partial charge is 0.309 e. The fraction of sp³-hybridized carbons (Fsp3) is 0.0280. The molecule has 548 valence electrons. The Bertz CT molecular complexity index is 7300. The third kappa shape index (κ3) is 12.1. The Kier molecular flexibility index (Phi) is 16.8. The van der Waals surface area contributed by atoms with Crippen LogP contribution in [0.5, 0.6) is 0 Å². The van der Waals surface area contributed by atoms with Crippen LogP contribution in [-0.4, -0.2) is 37.5 Å². The van der Waals surface area contributed by atoms with E-state index in [4.69, 9.17) is 19.9 Å². The van der Waals surface area contributed by atoms with Gasteiger partial charge in [-0.05, 0) is 164 Å². The molecule has 0 saturated heterocycles. The van der Waals surface area contributed by atoms with Crippen LogP contribution in [0.4, 0.5) is 0 Å². The van der Waals surface area contributed by atoms with Gasteiger partial charge in [-0.3, -0.25) is 0 Å². The molecule has 0 atom stereocenters. The first-order valence-electron chi connectivity index (χ1n) is 39.2. The maximum absolute atomic E-state index is 13.5. The lowest BCUT2D eigenvalue weighted by molar-refractivity contribution is 0.598. The van der Waals surface area contributed by atoms with Gasteiger partial charge in [0.2, 0.25) is 9.84 Å². The molecule has 0 radical (unpaired) electrons. The number of benzene rings is 16. The van der Waals surface area contributed by atoms with E-state index in [9.17, 15) is 8.42 Å². The molecular weight excluding hydrogens is 1430 g/mol. The Hall–Kier alpha value is -14.8. The second-order valence-corrected chi connectivity index (χ2v) is 32.3. The summed E-state index contributed by atoms with van der Waals surface area (Å²) in [6.45, 7) is 4.69. The van der Waals surface area contributed by atoms with Crippen LogP contribution < -0.4 is 0 Å². The molecule has 16 aromatic carbocycles. The highest BCUT2D eigenvalue weighted by Gasteiger charge is 2.36. The lowest BCUT2D eigenvalue weighted by Gasteiger charge is -2.22. The van der Waals surface area contributed by atoms with E-state index in [2.05, 4.69) is 320 Å². The third-order valence-electron chi connectivity index (χ3n) is 23.2. The molecule has 2 aliphatic rings. The topological polar surface area (TPSA) is 95.6 Å². The van der Waals surface area contributed by atoms with Gasteiger partial charge in [-0.15, -0.1) is 0 Å². The van der Waals surface area contributed by atoms with Crippen molar-refractivity contribution in [2.24, 2.45) is 0 Å². The molecule has 20 aromatic rings. The van der Waals surface area contributed by atoms with E-state index in [1.165, 1.54) is 55.2 Å².